The fraction of sp³-hybridized carbons (Fsp3) is 0.273. The number of carbonyl (C=O) groups excluding carboxylic acids is 1. The first-order valence-electron chi connectivity index (χ1n) is 4.62. The van der Waals surface area contributed by atoms with Gasteiger partial charge < -0.3 is 4.74 Å². The molecule has 0 spiro atoms. The van der Waals surface area contributed by atoms with Gasteiger partial charge in [-0.3, -0.25) is 4.79 Å². The lowest BCUT2D eigenvalue weighted by atomic mass is 10.1. The van der Waals surface area contributed by atoms with Crippen molar-refractivity contribution in [2.45, 2.75) is 13.3 Å². The topological polar surface area (TPSA) is 50.1 Å². The van der Waals surface area contributed by atoms with Gasteiger partial charge in [-0.2, -0.15) is 5.26 Å². The monoisotopic (exact) mass is 441 g/mol. The highest BCUT2D eigenvalue weighted by Gasteiger charge is 2.10. The lowest BCUT2D eigenvalue weighted by Gasteiger charge is -2.06. The molecule has 0 amide bonds. The first-order chi connectivity index (χ1) is 7.58. The second kappa shape index (κ2) is 6.39. The van der Waals surface area contributed by atoms with Crippen LogP contribution in [0.25, 0.3) is 0 Å². The quantitative estimate of drug-likeness (QED) is 0.536. The van der Waals surface area contributed by atoms with Crippen molar-refractivity contribution in [3.05, 3.63) is 30.4 Å². The van der Waals surface area contributed by atoms with Gasteiger partial charge in [-0.05, 0) is 69.8 Å². The van der Waals surface area contributed by atoms with Crippen LogP contribution in [0, 0.1) is 18.5 Å². The zero-order valence-corrected chi connectivity index (χ0v) is 12.9. The molecular formula is C11H9I2NO2. The fourth-order valence-corrected chi connectivity index (χ4v) is 3.02. The smallest absolute Gasteiger partial charge is 0.310 e. The number of rotatable bonds is 3. The molecule has 0 saturated carbocycles. The number of nitriles is 1. The summed E-state index contributed by atoms with van der Waals surface area (Å²) in [6.45, 7) is 2.16. The maximum Gasteiger partial charge on any atom is 0.310 e. The minimum Gasteiger partial charge on any atom is -0.466 e. The number of hydrogen-bond donors (Lipinski definition) is 0. The lowest BCUT2D eigenvalue weighted by Crippen LogP contribution is -2.09. The van der Waals surface area contributed by atoms with E-state index in [1.807, 2.05) is 6.07 Å². The van der Waals surface area contributed by atoms with Crippen LogP contribution in [0.5, 0.6) is 0 Å². The van der Waals surface area contributed by atoms with Gasteiger partial charge in [0.1, 0.15) is 6.07 Å². The van der Waals surface area contributed by atoms with Crippen molar-refractivity contribution < 1.29 is 9.53 Å². The molecule has 1 rings (SSSR count). The number of carbonyl (C=O) groups is 1. The van der Waals surface area contributed by atoms with E-state index in [0.29, 0.717) is 12.2 Å². The lowest BCUT2D eigenvalue weighted by molar-refractivity contribution is -0.142. The van der Waals surface area contributed by atoms with Crippen molar-refractivity contribution in [1.82, 2.24) is 0 Å². The molecule has 0 aromatic heterocycles. The molecule has 0 aliphatic carbocycles. The van der Waals surface area contributed by atoms with Gasteiger partial charge in [0.2, 0.25) is 0 Å². The molecule has 0 atom stereocenters. The van der Waals surface area contributed by atoms with E-state index in [4.69, 9.17) is 10.00 Å². The highest BCUT2D eigenvalue weighted by molar-refractivity contribution is 14.1. The number of esters is 1. The van der Waals surface area contributed by atoms with Crippen LogP contribution < -0.4 is 0 Å². The first kappa shape index (κ1) is 13.7. The molecule has 0 aliphatic heterocycles. The largest absolute Gasteiger partial charge is 0.466 e. The summed E-state index contributed by atoms with van der Waals surface area (Å²) in [6.07, 6.45) is 0.220. The summed E-state index contributed by atoms with van der Waals surface area (Å²) in [5.74, 6) is -0.259. The summed E-state index contributed by atoms with van der Waals surface area (Å²) in [7, 11) is 0. The second-order valence-electron chi connectivity index (χ2n) is 3.02. The Labute approximate surface area is 121 Å². The minimum atomic E-state index is -0.259. The molecule has 16 heavy (non-hydrogen) atoms. The molecule has 3 nitrogen and oxygen atoms in total. The molecule has 1 aromatic rings. The van der Waals surface area contributed by atoms with Gasteiger partial charge in [-0.25, -0.2) is 0 Å². The van der Waals surface area contributed by atoms with Crippen molar-refractivity contribution in [2.24, 2.45) is 0 Å². The summed E-state index contributed by atoms with van der Waals surface area (Å²) >= 11 is 4.27. The molecule has 0 N–H and O–H groups in total. The Bertz CT molecular complexity index is 452. The summed E-state index contributed by atoms with van der Waals surface area (Å²) < 4.78 is 6.76. The standard InChI is InChI=1S/C11H9I2NO2/c1-2-16-11(15)4-7-3-8(6-14)10(13)5-9(7)12/h3,5H,2,4H2,1H3. The predicted octanol–water partition coefficient (Wildman–Crippen LogP) is 2.87. The summed E-state index contributed by atoms with van der Waals surface area (Å²) in [4.78, 5) is 11.3. The molecule has 0 saturated heterocycles. The van der Waals surface area contributed by atoms with E-state index in [9.17, 15) is 4.79 Å². The van der Waals surface area contributed by atoms with Gasteiger partial charge in [-0.1, -0.05) is 0 Å². The average Bonchev–Trinajstić information content (AvgIpc) is 2.22. The van der Waals surface area contributed by atoms with Crippen LogP contribution in [-0.2, 0) is 16.0 Å². The molecule has 0 bridgehead atoms. The Hall–Kier alpha value is -0.360. The zero-order valence-electron chi connectivity index (χ0n) is 8.59. The number of ether oxygens (including phenoxy) is 1. The van der Waals surface area contributed by atoms with Crippen LogP contribution in [0.3, 0.4) is 0 Å². The highest BCUT2D eigenvalue weighted by atomic mass is 127. The minimum absolute atomic E-state index is 0.220. The number of hydrogen-bond acceptors (Lipinski definition) is 3. The van der Waals surface area contributed by atoms with Gasteiger partial charge in [-0.15, -0.1) is 0 Å². The van der Waals surface area contributed by atoms with Crippen molar-refractivity contribution >= 4 is 51.2 Å². The van der Waals surface area contributed by atoms with Crippen molar-refractivity contribution in [3.63, 3.8) is 0 Å². The first-order valence-corrected chi connectivity index (χ1v) is 6.77. The molecule has 5 heteroatoms. The van der Waals surface area contributed by atoms with Crippen LogP contribution in [0.4, 0.5) is 0 Å². The average molecular weight is 441 g/mol. The summed E-state index contributed by atoms with van der Waals surface area (Å²) in [5.41, 5.74) is 1.44. The molecule has 0 radical (unpaired) electrons. The number of halogens is 2. The maximum absolute atomic E-state index is 11.3. The van der Waals surface area contributed by atoms with Crippen molar-refractivity contribution in [1.29, 1.82) is 5.26 Å². The summed E-state index contributed by atoms with van der Waals surface area (Å²) in [5, 5.41) is 8.90. The Morgan fingerprint density at radius 3 is 2.69 bits per heavy atom. The Balaban J connectivity index is 2.97. The molecule has 0 unspecified atom stereocenters. The molecule has 0 fully saturated rings. The van der Waals surface area contributed by atoms with E-state index in [1.54, 1.807) is 13.0 Å². The molecule has 84 valence electrons. The normalized spacial score (nSPS) is 9.62. The van der Waals surface area contributed by atoms with Crippen LogP contribution in [0.2, 0.25) is 0 Å². The third kappa shape index (κ3) is 3.59. The van der Waals surface area contributed by atoms with Crippen molar-refractivity contribution in [2.75, 3.05) is 6.61 Å². The van der Waals surface area contributed by atoms with E-state index in [-0.39, 0.29) is 12.4 Å². The fourth-order valence-electron chi connectivity index (χ4n) is 1.18. The van der Waals surface area contributed by atoms with E-state index < -0.39 is 0 Å². The van der Waals surface area contributed by atoms with E-state index in [2.05, 4.69) is 51.3 Å². The van der Waals surface area contributed by atoms with Gasteiger partial charge in [0, 0.05) is 7.14 Å². The van der Waals surface area contributed by atoms with Crippen LogP contribution >= 0.6 is 45.2 Å². The third-order valence-corrected chi connectivity index (χ3v) is 3.79. The Morgan fingerprint density at radius 1 is 1.44 bits per heavy atom. The Kier molecular flexibility index (Phi) is 5.48. The number of benzene rings is 1. The zero-order chi connectivity index (χ0) is 12.1. The van der Waals surface area contributed by atoms with Crippen LogP contribution in [0.15, 0.2) is 12.1 Å². The third-order valence-electron chi connectivity index (χ3n) is 1.90. The van der Waals surface area contributed by atoms with E-state index in [1.165, 1.54) is 0 Å². The summed E-state index contributed by atoms with van der Waals surface area (Å²) in [6, 6.07) is 5.75. The SMILES string of the molecule is CCOC(=O)Cc1cc(C#N)c(I)cc1I. The molecule has 1 aromatic carbocycles. The van der Waals surface area contributed by atoms with Crippen LogP contribution in [0.1, 0.15) is 18.1 Å². The van der Waals surface area contributed by atoms with E-state index in [0.717, 1.165) is 12.7 Å². The molecule has 0 aliphatic rings. The van der Waals surface area contributed by atoms with E-state index >= 15 is 0 Å². The van der Waals surface area contributed by atoms with Gasteiger partial charge in [0.05, 0.1) is 18.6 Å². The van der Waals surface area contributed by atoms with Gasteiger partial charge >= 0.3 is 5.97 Å². The van der Waals surface area contributed by atoms with Gasteiger partial charge in [0.15, 0.2) is 0 Å². The molecular weight excluding hydrogens is 432 g/mol. The predicted molar refractivity (Wildman–Crippen MR) is 76.9 cm³/mol. The maximum atomic E-state index is 11.3. The molecule has 0 heterocycles. The van der Waals surface area contributed by atoms with Gasteiger partial charge in [0.25, 0.3) is 0 Å². The highest BCUT2D eigenvalue weighted by Crippen LogP contribution is 2.20. The van der Waals surface area contributed by atoms with Crippen LogP contribution in [-0.4, -0.2) is 12.6 Å². The Morgan fingerprint density at radius 2 is 2.12 bits per heavy atom. The van der Waals surface area contributed by atoms with Crippen molar-refractivity contribution in [3.8, 4) is 6.07 Å². The second-order valence-corrected chi connectivity index (χ2v) is 5.34. The number of nitrogens with zero attached hydrogens (tertiary/aromatic N) is 1.